The molecule has 161 valence electrons. The number of ether oxygens (including phenoxy) is 2. The lowest BCUT2D eigenvalue weighted by Crippen LogP contribution is -2.42. The van der Waals surface area contributed by atoms with Crippen molar-refractivity contribution in [3.63, 3.8) is 0 Å². The monoisotopic (exact) mass is 441 g/mol. The number of fused-ring (bicyclic) bond motifs is 1. The molecule has 0 unspecified atom stereocenters. The molecule has 1 aromatic heterocycles. The van der Waals surface area contributed by atoms with E-state index in [-0.39, 0.29) is 6.61 Å². The van der Waals surface area contributed by atoms with Crippen LogP contribution in [0.5, 0.6) is 0 Å². The van der Waals surface area contributed by atoms with Gasteiger partial charge in [-0.05, 0) is 48.0 Å². The quantitative estimate of drug-likeness (QED) is 0.328. The molecule has 0 saturated carbocycles. The molecule has 31 heavy (non-hydrogen) atoms. The first kappa shape index (κ1) is 21.0. The predicted molar refractivity (Wildman–Crippen MR) is 120 cm³/mol. The average Bonchev–Trinajstić information content (AvgIpc) is 3.38. The van der Waals surface area contributed by atoms with E-state index in [9.17, 15) is 4.79 Å². The molecule has 0 saturated heterocycles. The normalized spacial score (nSPS) is 15.4. The zero-order valence-corrected chi connectivity index (χ0v) is 18.0. The Kier molecular flexibility index (Phi) is 6.55. The van der Waals surface area contributed by atoms with Crippen LogP contribution in [0.3, 0.4) is 0 Å². The van der Waals surface area contributed by atoms with Gasteiger partial charge in [-0.25, -0.2) is 4.79 Å². The fourth-order valence-electron chi connectivity index (χ4n) is 2.92. The minimum Gasteiger partial charge on any atom is -0.447 e. The second kappa shape index (κ2) is 9.69. The Bertz CT molecular complexity index is 1020. The molecule has 0 fully saturated rings. The number of aromatic nitrogens is 2. The highest BCUT2D eigenvalue weighted by atomic mass is 32.2. The lowest BCUT2D eigenvalue weighted by molar-refractivity contribution is 0.107. The van der Waals surface area contributed by atoms with Gasteiger partial charge in [0.05, 0.1) is 19.0 Å². The van der Waals surface area contributed by atoms with Gasteiger partial charge in [-0.2, -0.15) is 10.1 Å². The second-order valence-electron chi connectivity index (χ2n) is 6.73. The number of benzene rings is 1. The number of anilines is 2. The number of nitrogens with one attached hydrogen (secondary N) is 3. The topological polar surface area (TPSA) is 110 Å². The van der Waals surface area contributed by atoms with Crippen LogP contribution in [-0.2, 0) is 9.47 Å². The van der Waals surface area contributed by atoms with Gasteiger partial charge in [0.15, 0.2) is 12.0 Å². The molecule has 3 N–H and O–H groups in total. The number of amidine groups is 1. The summed E-state index contributed by atoms with van der Waals surface area (Å²) in [7, 11) is 1.56. The molecular formula is C20H23N7O3S+. The largest absolute Gasteiger partial charge is 0.447 e. The molecule has 4 rings (SSSR count). The number of H-pyrrole nitrogens is 1. The molecule has 1 radical (unpaired) electrons. The number of hydrogen-bond acceptors (Lipinski definition) is 9. The van der Waals surface area contributed by atoms with Crippen molar-refractivity contribution in [3.8, 4) is 0 Å². The number of rotatable bonds is 8. The van der Waals surface area contributed by atoms with E-state index in [4.69, 9.17) is 9.47 Å². The summed E-state index contributed by atoms with van der Waals surface area (Å²) in [5.74, 6) is 2.51. The minimum atomic E-state index is -0.507. The van der Waals surface area contributed by atoms with Crippen LogP contribution < -0.4 is 15.5 Å². The maximum Gasteiger partial charge on any atom is 0.411 e. The molecular weight excluding hydrogens is 418 g/mol. The van der Waals surface area contributed by atoms with E-state index in [1.807, 2.05) is 54.6 Å². The van der Waals surface area contributed by atoms with Crippen LogP contribution in [0.4, 0.5) is 16.3 Å². The number of carbonyl (C=O) groups is 1. The zero-order valence-electron chi connectivity index (χ0n) is 17.2. The van der Waals surface area contributed by atoms with E-state index in [1.54, 1.807) is 25.3 Å². The summed E-state index contributed by atoms with van der Waals surface area (Å²) in [5.41, 5.74) is 1.64. The summed E-state index contributed by atoms with van der Waals surface area (Å²) >= 11 is 1.57. The van der Waals surface area contributed by atoms with E-state index in [2.05, 4.69) is 30.1 Å². The third kappa shape index (κ3) is 5.45. The second-order valence-corrected chi connectivity index (χ2v) is 7.86. The Labute approximate surface area is 184 Å². The molecule has 0 bridgehead atoms. The number of carbonyl (C=O) groups excluding carboxylic acids is 1. The van der Waals surface area contributed by atoms with Crippen molar-refractivity contribution in [1.29, 1.82) is 0 Å². The molecule has 1 amide bonds. The van der Waals surface area contributed by atoms with Crippen molar-refractivity contribution in [3.05, 3.63) is 60.4 Å². The first-order chi connectivity index (χ1) is 15.1. The fourth-order valence-corrected chi connectivity index (χ4v) is 3.79. The number of amides is 1. The summed E-state index contributed by atoms with van der Waals surface area (Å²) in [5, 5.41) is 13.2. The number of aryl methyl sites for hydroxylation is 1. The first-order valence-corrected chi connectivity index (χ1v) is 10.4. The van der Waals surface area contributed by atoms with Gasteiger partial charge in [0.25, 0.3) is 11.7 Å². The van der Waals surface area contributed by atoms with Gasteiger partial charge in [-0.1, -0.05) is 0 Å². The van der Waals surface area contributed by atoms with Crippen molar-refractivity contribution < 1.29 is 14.3 Å². The molecule has 2 aliphatic rings. The number of hydrogen-bond donors (Lipinski definition) is 3. The Balaban J connectivity index is 1.39. The zero-order chi connectivity index (χ0) is 21.6. The van der Waals surface area contributed by atoms with Crippen molar-refractivity contribution in [1.82, 2.24) is 19.4 Å². The van der Waals surface area contributed by atoms with Crippen molar-refractivity contribution >= 4 is 35.4 Å². The summed E-state index contributed by atoms with van der Waals surface area (Å²) in [4.78, 5) is 19.2. The smallest absolute Gasteiger partial charge is 0.411 e. The van der Waals surface area contributed by atoms with Gasteiger partial charge in [0.2, 0.25) is 0 Å². The summed E-state index contributed by atoms with van der Waals surface area (Å²) in [6.07, 6.45) is 5.21. The number of aromatic amines is 1. The molecule has 3 heterocycles. The highest BCUT2D eigenvalue weighted by Gasteiger charge is 2.37. The van der Waals surface area contributed by atoms with Crippen LogP contribution in [0.1, 0.15) is 5.69 Å². The van der Waals surface area contributed by atoms with E-state index < -0.39 is 6.09 Å². The van der Waals surface area contributed by atoms with Crippen molar-refractivity contribution in [2.45, 2.75) is 11.8 Å². The lowest BCUT2D eigenvalue weighted by atomic mass is 10.3. The van der Waals surface area contributed by atoms with Crippen LogP contribution in [0.2, 0.25) is 0 Å². The molecule has 2 aliphatic heterocycles. The molecule has 10 nitrogen and oxygen atoms in total. The molecule has 2 aromatic rings. The summed E-state index contributed by atoms with van der Waals surface area (Å²) < 4.78 is 12.0. The number of nitrogens with zero attached hydrogens (tertiary/aromatic N) is 4. The van der Waals surface area contributed by atoms with Crippen LogP contribution in [0.25, 0.3) is 0 Å². The van der Waals surface area contributed by atoms with E-state index in [1.165, 1.54) is 0 Å². The van der Waals surface area contributed by atoms with Gasteiger partial charge in [-0.15, -0.1) is 0 Å². The fraction of sp³-hybridized carbons (Fsp3) is 0.250. The van der Waals surface area contributed by atoms with E-state index in [0.717, 1.165) is 28.1 Å². The standard InChI is InChI=1S/C20H23N7O3S/c1-14-11-17(25-24-14)23-19-13-26(12-18-21-7-8-27(18)19)31-16-5-3-15(4-6-16)22-20(28)30-10-9-29-2/h3-8,11,13H,9-10,12H2,1-2H3,(H,22,28)(H2,23,24,25)/q+1. The van der Waals surface area contributed by atoms with Crippen LogP contribution in [0.15, 0.2) is 64.6 Å². The van der Waals surface area contributed by atoms with Gasteiger partial charge in [-0.3, -0.25) is 20.0 Å². The Morgan fingerprint density at radius 3 is 2.90 bits per heavy atom. The van der Waals surface area contributed by atoms with Crippen LogP contribution in [-0.4, -0.2) is 53.3 Å². The van der Waals surface area contributed by atoms with Crippen LogP contribution >= 0.6 is 11.9 Å². The van der Waals surface area contributed by atoms with Crippen molar-refractivity contribution in [2.24, 2.45) is 4.99 Å². The predicted octanol–water partition coefficient (Wildman–Crippen LogP) is 3.17. The Morgan fingerprint density at radius 1 is 1.32 bits per heavy atom. The highest BCUT2D eigenvalue weighted by molar-refractivity contribution is 7.97. The number of methoxy groups -OCH3 is 1. The minimum absolute atomic E-state index is 0.210. The SMILES string of the molecule is COCCOC(=O)Nc1ccc(SN2C=C(Nc3cc(C)[nH]n3)[N+]3C=CN=C3C2)cc1. The van der Waals surface area contributed by atoms with Gasteiger partial charge < -0.3 is 9.47 Å². The average molecular weight is 442 g/mol. The van der Waals surface area contributed by atoms with Crippen molar-refractivity contribution in [2.75, 3.05) is 37.5 Å². The van der Waals surface area contributed by atoms with Gasteiger partial charge in [0.1, 0.15) is 13.2 Å². The summed E-state index contributed by atoms with van der Waals surface area (Å²) in [6.45, 7) is 3.17. The molecule has 0 atom stereocenters. The maximum absolute atomic E-state index is 11.7. The Hall–Kier alpha value is -3.28. The third-order valence-corrected chi connectivity index (χ3v) is 5.30. The molecule has 0 aliphatic carbocycles. The first-order valence-electron chi connectivity index (χ1n) is 9.61. The molecule has 11 heteroatoms. The number of aliphatic imine (C=N–C) groups is 1. The third-order valence-electron chi connectivity index (χ3n) is 4.35. The van der Waals surface area contributed by atoms with Gasteiger partial charge >= 0.3 is 6.09 Å². The van der Waals surface area contributed by atoms with E-state index in [0.29, 0.717) is 18.8 Å². The Morgan fingerprint density at radius 2 is 2.16 bits per heavy atom. The molecule has 1 aromatic carbocycles. The highest BCUT2D eigenvalue weighted by Crippen LogP contribution is 2.29. The summed E-state index contributed by atoms with van der Waals surface area (Å²) in [6, 6.07) is 9.49. The lowest BCUT2D eigenvalue weighted by Gasteiger charge is -2.24. The molecule has 0 spiro atoms. The maximum atomic E-state index is 11.7. The van der Waals surface area contributed by atoms with Gasteiger partial charge in [0, 0.05) is 29.5 Å². The van der Waals surface area contributed by atoms with Crippen LogP contribution in [0, 0.1) is 6.92 Å². The van der Waals surface area contributed by atoms with E-state index >= 15 is 0 Å².